The first kappa shape index (κ1) is 18.5. The highest BCUT2D eigenvalue weighted by Gasteiger charge is 2.20. The quantitative estimate of drug-likeness (QED) is 0.832. The summed E-state index contributed by atoms with van der Waals surface area (Å²) in [5, 5.41) is 3.12. The molecule has 2 rings (SSSR count). The predicted molar refractivity (Wildman–Crippen MR) is 95.4 cm³/mol. The molecule has 1 N–H and O–H groups in total. The fourth-order valence-electron chi connectivity index (χ4n) is 3.08. The Balaban J connectivity index is 1.75. The van der Waals surface area contributed by atoms with Crippen molar-refractivity contribution in [3.63, 3.8) is 0 Å². The Hall–Kier alpha value is -1.88. The van der Waals surface area contributed by atoms with E-state index in [1.165, 1.54) is 0 Å². The molecule has 1 fully saturated rings. The van der Waals surface area contributed by atoms with Gasteiger partial charge in [-0.05, 0) is 24.9 Å². The van der Waals surface area contributed by atoms with Crippen molar-refractivity contribution < 1.29 is 9.59 Å². The molecular weight excluding hydrogens is 302 g/mol. The zero-order chi connectivity index (χ0) is 17.4. The maximum Gasteiger partial charge on any atom is 0.221 e. The maximum atomic E-state index is 12.2. The van der Waals surface area contributed by atoms with Gasteiger partial charge in [-0.15, -0.1) is 0 Å². The number of hydrogen-bond acceptors (Lipinski definition) is 3. The van der Waals surface area contributed by atoms with E-state index in [-0.39, 0.29) is 17.9 Å². The molecule has 132 valence electrons. The zero-order valence-corrected chi connectivity index (χ0v) is 14.8. The van der Waals surface area contributed by atoms with Crippen LogP contribution < -0.4 is 5.32 Å². The van der Waals surface area contributed by atoms with Gasteiger partial charge in [-0.2, -0.15) is 0 Å². The molecule has 0 radical (unpaired) electrons. The lowest BCUT2D eigenvalue weighted by molar-refractivity contribution is -0.130. The van der Waals surface area contributed by atoms with Crippen LogP contribution in [0.4, 0.5) is 0 Å². The highest BCUT2D eigenvalue weighted by Crippen LogP contribution is 2.10. The van der Waals surface area contributed by atoms with Crippen LogP contribution in [0.15, 0.2) is 30.3 Å². The first-order chi connectivity index (χ1) is 11.6. The van der Waals surface area contributed by atoms with Crippen LogP contribution in [-0.4, -0.2) is 53.8 Å². The summed E-state index contributed by atoms with van der Waals surface area (Å²) in [5.74, 6) is 0.0483. The first-order valence-corrected chi connectivity index (χ1v) is 8.89. The number of rotatable bonds is 7. The molecule has 1 aliphatic rings. The van der Waals surface area contributed by atoms with Crippen LogP contribution in [0.25, 0.3) is 0 Å². The molecule has 0 unspecified atom stereocenters. The van der Waals surface area contributed by atoms with E-state index in [0.717, 1.165) is 38.0 Å². The number of carbonyl (C=O) groups is 2. The van der Waals surface area contributed by atoms with Gasteiger partial charge in [-0.3, -0.25) is 9.59 Å². The monoisotopic (exact) mass is 331 g/mol. The van der Waals surface area contributed by atoms with Gasteiger partial charge in [0.2, 0.25) is 11.8 Å². The van der Waals surface area contributed by atoms with Gasteiger partial charge in [0.1, 0.15) is 0 Å². The minimum absolute atomic E-state index is 0.00269. The predicted octanol–water partition coefficient (Wildman–Crippen LogP) is 2.03. The summed E-state index contributed by atoms with van der Waals surface area (Å²) in [6, 6.07) is 10.2. The molecular formula is C19H29N3O2. The molecule has 0 saturated carbocycles. The highest BCUT2D eigenvalue weighted by atomic mass is 16.2. The van der Waals surface area contributed by atoms with Crippen LogP contribution in [0.5, 0.6) is 0 Å². The molecule has 0 spiro atoms. The lowest BCUT2D eigenvalue weighted by Gasteiger charge is -2.31. The van der Waals surface area contributed by atoms with Crippen molar-refractivity contribution in [1.82, 2.24) is 15.1 Å². The maximum absolute atomic E-state index is 12.2. The highest BCUT2D eigenvalue weighted by molar-refractivity contribution is 5.78. The second-order valence-electron chi connectivity index (χ2n) is 6.45. The van der Waals surface area contributed by atoms with Gasteiger partial charge >= 0.3 is 0 Å². The van der Waals surface area contributed by atoms with Gasteiger partial charge < -0.3 is 15.1 Å². The Morgan fingerprint density at radius 1 is 1.21 bits per heavy atom. The van der Waals surface area contributed by atoms with E-state index in [4.69, 9.17) is 0 Å². The second kappa shape index (κ2) is 9.42. The third-order valence-corrected chi connectivity index (χ3v) is 4.67. The van der Waals surface area contributed by atoms with Gasteiger partial charge in [-0.1, -0.05) is 37.3 Å². The summed E-state index contributed by atoms with van der Waals surface area (Å²) >= 11 is 0. The molecule has 5 nitrogen and oxygen atoms in total. The lowest BCUT2D eigenvalue weighted by Crippen LogP contribution is -2.45. The number of carbonyl (C=O) groups excluding carboxylic acids is 2. The number of likely N-dealkylation sites (tertiary alicyclic amines) is 1. The summed E-state index contributed by atoms with van der Waals surface area (Å²) < 4.78 is 0. The van der Waals surface area contributed by atoms with Crippen LogP contribution in [0, 0.1) is 0 Å². The molecule has 0 bridgehead atoms. The molecule has 2 amide bonds. The standard InChI is InChI=1S/C19H29N3O2/c1-3-21-12-9-18(10-13-21)20-19(24)11-14-22(16(2)23)15-17-7-5-4-6-8-17/h4-8,18H,3,9-15H2,1-2H3,(H,20,24). The average Bonchev–Trinajstić information content (AvgIpc) is 2.60. The fourth-order valence-corrected chi connectivity index (χ4v) is 3.08. The Morgan fingerprint density at radius 2 is 1.88 bits per heavy atom. The number of piperidine rings is 1. The van der Waals surface area contributed by atoms with Crippen LogP contribution >= 0.6 is 0 Å². The third kappa shape index (κ3) is 5.96. The molecule has 1 aliphatic heterocycles. The van der Waals surface area contributed by atoms with Gasteiger partial charge in [0.25, 0.3) is 0 Å². The van der Waals surface area contributed by atoms with Gasteiger partial charge in [0.15, 0.2) is 0 Å². The number of nitrogens with one attached hydrogen (secondary N) is 1. The van der Waals surface area contributed by atoms with Crippen molar-refractivity contribution in [3.05, 3.63) is 35.9 Å². The van der Waals surface area contributed by atoms with Crippen molar-refractivity contribution in [2.45, 2.75) is 45.7 Å². The zero-order valence-electron chi connectivity index (χ0n) is 14.8. The Labute approximate surface area is 145 Å². The van der Waals surface area contributed by atoms with E-state index in [9.17, 15) is 9.59 Å². The summed E-state index contributed by atoms with van der Waals surface area (Å²) in [6.07, 6.45) is 2.39. The van der Waals surface area contributed by atoms with Crippen LogP contribution in [-0.2, 0) is 16.1 Å². The summed E-state index contributed by atoms with van der Waals surface area (Å²) in [5.41, 5.74) is 1.08. The molecule has 0 atom stereocenters. The second-order valence-corrected chi connectivity index (χ2v) is 6.45. The molecule has 1 aromatic carbocycles. The van der Waals surface area contributed by atoms with Gasteiger partial charge in [0.05, 0.1) is 0 Å². The van der Waals surface area contributed by atoms with E-state index in [1.54, 1.807) is 11.8 Å². The van der Waals surface area contributed by atoms with Crippen molar-refractivity contribution in [2.24, 2.45) is 0 Å². The Morgan fingerprint density at radius 3 is 2.46 bits per heavy atom. The molecule has 1 saturated heterocycles. The van der Waals surface area contributed by atoms with Crippen LogP contribution in [0.3, 0.4) is 0 Å². The number of nitrogens with zero attached hydrogens (tertiary/aromatic N) is 2. The average molecular weight is 331 g/mol. The van der Waals surface area contributed by atoms with Crippen molar-refractivity contribution >= 4 is 11.8 Å². The molecule has 1 aromatic rings. The minimum atomic E-state index is 0.00269. The van der Waals surface area contributed by atoms with E-state index in [1.807, 2.05) is 30.3 Å². The van der Waals surface area contributed by atoms with Crippen LogP contribution in [0.2, 0.25) is 0 Å². The number of benzene rings is 1. The third-order valence-electron chi connectivity index (χ3n) is 4.67. The fraction of sp³-hybridized carbons (Fsp3) is 0.579. The Bertz CT molecular complexity index is 525. The summed E-state index contributed by atoms with van der Waals surface area (Å²) in [7, 11) is 0. The minimum Gasteiger partial charge on any atom is -0.353 e. The lowest BCUT2D eigenvalue weighted by atomic mass is 10.0. The van der Waals surface area contributed by atoms with E-state index in [0.29, 0.717) is 19.5 Å². The van der Waals surface area contributed by atoms with Gasteiger partial charge in [0, 0.05) is 45.6 Å². The SMILES string of the molecule is CCN1CCC(NC(=O)CCN(Cc2ccccc2)C(C)=O)CC1. The number of hydrogen-bond donors (Lipinski definition) is 1. The molecule has 0 aliphatic carbocycles. The summed E-state index contributed by atoms with van der Waals surface area (Å²) in [4.78, 5) is 28.1. The molecule has 5 heteroatoms. The largest absolute Gasteiger partial charge is 0.353 e. The van der Waals surface area contributed by atoms with E-state index < -0.39 is 0 Å². The van der Waals surface area contributed by atoms with Crippen molar-refractivity contribution in [2.75, 3.05) is 26.2 Å². The van der Waals surface area contributed by atoms with Crippen molar-refractivity contribution in [3.8, 4) is 0 Å². The summed E-state index contributed by atoms with van der Waals surface area (Å²) in [6.45, 7) is 7.92. The van der Waals surface area contributed by atoms with Crippen LogP contribution in [0.1, 0.15) is 38.7 Å². The van der Waals surface area contributed by atoms with Gasteiger partial charge in [-0.25, -0.2) is 0 Å². The molecule has 1 heterocycles. The smallest absolute Gasteiger partial charge is 0.221 e. The van der Waals surface area contributed by atoms with E-state index in [2.05, 4.69) is 17.1 Å². The van der Waals surface area contributed by atoms with E-state index >= 15 is 0 Å². The number of amides is 2. The Kier molecular flexibility index (Phi) is 7.25. The molecule has 0 aromatic heterocycles. The topological polar surface area (TPSA) is 52.7 Å². The first-order valence-electron chi connectivity index (χ1n) is 8.89. The normalized spacial score (nSPS) is 15.9. The molecule has 24 heavy (non-hydrogen) atoms. The van der Waals surface area contributed by atoms with Crippen molar-refractivity contribution in [1.29, 1.82) is 0 Å².